The summed E-state index contributed by atoms with van der Waals surface area (Å²) < 4.78 is 10.7. The summed E-state index contributed by atoms with van der Waals surface area (Å²) in [5, 5.41) is 0.791. The van der Waals surface area contributed by atoms with Crippen LogP contribution in [0.5, 0.6) is 5.75 Å². The van der Waals surface area contributed by atoms with Crippen LogP contribution in [0.25, 0.3) is 11.0 Å². The van der Waals surface area contributed by atoms with Crippen molar-refractivity contribution in [1.29, 1.82) is 0 Å². The number of hydrogen-bond acceptors (Lipinski definition) is 5. The van der Waals surface area contributed by atoms with Gasteiger partial charge < -0.3 is 19.0 Å². The molecule has 2 heterocycles. The highest BCUT2D eigenvalue weighted by molar-refractivity contribution is 5.82. The van der Waals surface area contributed by atoms with E-state index in [2.05, 4.69) is 0 Å². The molecular formula is C19H20N2O5. The second-order valence-corrected chi connectivity index (χ2v) is 6.72. The Morgan fingerprint density at radius 3 is 2.46 bits per heavy atom. The van der Waals surface area contributed by atoms with Crippen LogP contribution in [0, 0.1) is 5.92 Å². The summed E-state index contributed by atoms with van der Waals surface area (Å²) >= 11 is 0. The average molecular weight is 356 g/mol. The maximum absolute atomic E-state index is 12.3. The van der Waals surface area contributed by atoms with Gasteiger partial charge in [0.25, 0.3) is 5.91 Å². The summed E-state index contributed by atoms with van der Waals surface area (Å²) in [7, 11) is 0. The molecule has 136 valence electrons. The molecule has 1 saturated heterocycles. The normalized spacial score (nSPS) is 17.4. The van der Waals surface area contributed by atoms with E-state index in [-0.39, 0.29) is 24.3 Å². The summed E-state index contributed by atoms with van der Waals surface area (Å²) in [6, 6.07) is 8.16. The van der Waals surface area contributed by atoms with E-state index in [0.29, 0.717) is 37.5 Å². The smallest absolute Gasteiger partial charge is 0.336 e. The van der Waals surface area contributed by atoms with Gasteiger partial charge in [-0.15, -0.1) is 0 Å². The summed E-state index contributed by atoms with van der Waals surface area (Å²) in [5.41, 5.74) is -0.000932. The van der Waals surface area contributed by atoms with Crippen LogP contribution in [0.4, 0.5) is 0 Å². The summed E-state index contributed by atoms with van der Waals surface area (Å²) in [6.45, 7) is 2.16. The average Bonchev–Trinajstić information content (AvgIpc) is 3.50. The molecule has 0 atom stereocenters. The van der Waals surface area contributed by atoms with Crippen molar-refractivity contribution >= 4 is 22.8 Å². The van der Waals surface area contributed by atoms with Gasteiger partial charge >= 0.3 is 5.63 Å². The molecule has 7 nitrogen and oxygen atoms in total. The lowest BCUT2D eigenvalue weighted by molar-refractivity contribution is -0.141. The van der Waals surface area contributed by atoms with E-state index in [1.807, 2.05) is 4.90 Å². The number of benzene rings is 1. The van der Waals surface area contributed by atoms with E-state index in [4.69, 9.17) is 9.15 Å². The molecule has 2 aliphatic rings. The maximum atomic E-state index is 12.3. The molecule has 0 N–H and O–H groups in total. The van der Waals surface area contributed by atoms with Crippen LogP contribution in [-0.4, -0.2) is 54.4 Å². The van der Waals surface area contributed by atoms with Crippen molar-refractivity contribution in [3.8, 4) is 5.75 Å². The predicted molar refractivity (Wildman–Crippen MR) is 93.9 cm³/mol. The van der Waals surface area contributed by atoms with Gasteiger partial charge in [0.05, 0.1) is 0 Å². The van der Waals surface area contributed by atoms with Crippen molar-refractivity contribution in [3.63, 3.8) is 0 Å². The number of fused-ring (bicyclic) bond motifs is 1. The Labute approximate surface area is 150 Å². The maximum Gasteiger partial charge on any atom is 0.336 e. The van der Waals surface area contributed by atoms with Gasteiger partial charge in [-0.1, -0.05) is 0 Å². The number of carbonyl (C=O) groups is 2. The van der Waals surface area contributed by atoms with Gasteiger partial charge in [-0.25, -0.2) is 4.79 Å². The fraction of sp³-hybridized carbons (Fsp3) is 0.421. The molecule has 4 rings (SSSR count). The fourth-order valence-electron chi connectivity index (χ4n) is 3.13. The first kappa shape index (κ1) is 16.6. The van der Waals surface area contributed by atoms with Crippen LogP contribution in [0.15, 0.2) is 39.5 Å². The Balaban J connectivity index is 1.31. The molecule has 0 radical (unpaired) electrons. The molecule has 7 heteroatoms. The van der Waals surface area contributed by atoms with E-state index >= 15 is 0 Å². The first-order valence-corrected chi connectivity index (χ1v) is 8.83. The van der Waals surface area contributed by atoms with Crippen LogP contribution in [0.2, 0.25) is 0 Å². The largest absolute Gasteiger partial charge is 0.484 e. The lowest BCUT2D eigenvalue weighted by Gasteiger charge is -2.34. The summed E-state index contributed by atoms with van der Waals surface area (Å²) in [4.78, 5) is 39.2. The van der Waals surface area contributed by atoms with E-state index < -0.39 is 5.63 Å². The number of carbonyl (C=O) groups excluding carboxylic acids is 2. The Morgan fingerprint density at radius 1 is 1.04 bits per heavy atom. The number of amides is 2. The zero-order chi connectivity index (χ0) is 18.1. The van der Waals surface area contributed by atoms with Crippen LogP contribution < -0.4 is 10.4 Å². The minimum Gasteiger partial charge on any atom is -0.484 e. The highest BCUT2D eigenvalue weighted by Gasteiger charge is 2.35. The van der Waals surface area contributed by atoms with E-state index in [1.165, 1.54) is 6.07 Å². The molecule has 0 unspecified atom stereocenters. The number of piperazine rings is 1. The molecular weight excluding hydrogens is 336 g/mol. The molecule has 26 heavy (non-hydrogen) atoms. The van der Waals surface area contributed by atoms with Gasteiger partial charge in [-0.3, -0.25) is 9.59 Å². The molecule has 2 fully saturated rings. The van der Waals surface area contributed by atoms with Crippen LogP contribution in [-0.2, 0) is 9.59 Å². The molecule has 1 aliphatic carbocycles. The Bertz CT molecular complexity index is 894. The van der Waals surface area contributed by atoms with Crippen molar-refractivity contribution in [3.05, 3.63) is 40.8 Å². The van der Waals surface area contributed by atoms with Crippen molar-refractivity contribution < 1.29 is 18.7 Å². The third-order valence-corrected chi connectivity index (χ3v) is 4.83. The second-order valence-electron chi connectivity index (χ2n) is 6.72. The van der Waals surface area contributed by atoms with Gasteiger partial charge in [0.1, 0.15) is 11.3 Å². The van der Waals surface area contributed by atoms with E-state index in [1.54, 1.807) is 29.2 Å². The molecule has 0 spiro atoms. The van der Waals surface area contributed by atoms with Gasteiger partial charge in [-0.05, 0) is 31.0 Å². The predicted octanol–water partition coefficient (Wildman–Crippen LogP) is 1.25. The van der Waals surface area contributed by atoms with Crippen molar-refractivity contribution in [2.24, 2.45) is 5.92 Å². The monoisotopic (exact) mass is 356 g/mol. The highest BCUT2D eigenvalue weighted by Crippen LogP contribution is 2.31. The van der Waals surface area contributed by atoms with Gasteiger partial charge in [-0.2, -0.15) is 0 Å². The number of hydrogen-bond donors (Lipinski definition) is 0. The molecule has 2 amide bonds. The number of rotatable bonds is 4. The topological polar surface area (TPSA) is 80.1 Å². The van der Waals surface area contributed by atoms with Crippen LogP contribution >= 0.6 is 0 Å². The fourth-order valence-corrected chi connectivity index (χ4v) is 3.13. The highest BCUT2D eigenvalue weighted by atomic mass is 16.5. The third-order valence-electron chi connectivity index (χ3n) is 4.83. The first-order chi connectivity index (χ1) is 12.6. The molecule has 1 aromatic carbocycles. The van der Waals surface area contributed by atoms with Crippen LogP contribution in [0.1, 0.15) is 12.8 Å². The van der Waals surface area contributed by atoms with E-state index in [9.17, 15) is 14.4 Å². The van der Waals surface area contributed by atoms with Gasteiger partial charge in [0.2, 0.25) is 5.91 Å². The standard InChI is InChI=1S/C19H20N2O5/c22-17(20-7-9-21(10-8-20)19(24)14-1-2-14)12-25-15-5-3-13-4-6-18(23)26-16(13)11-15/h3-6,11,14H,1-2,7-10,12H2. The first-order valence-electron chi connectivity index (χ1n) is 8.83. The number of nitrogens with zero attached hydrogens (tertiary/aromatic N) is 2. The van der Waals surface area contributed by atoms with Gasteiger partial charge in [0.15, 0.2) is 6.61 Å². The van der Waals surface area contributed by atoms with Crippen LogP contribution in [0.3, 0.4) is 0 Å². The van der Waals surface area contributed by atoms with Gasteiger partial charge in [0, 0.05) is 49.6 Å². The quantitative estimate of drug-likeness (QED) is 0.771. The molecule has 1 aliphatic heterocycles. The molecule has 2 aromatic rings. The minimum absolute atomic E-state index is 0.0842. The van der Waals surface area contributed by atoms with Crippen molar-refractivity contribution in [1.82, 2.24) is 9.80 Å². The zero-order valence-electron chi connectivity index (χ0n) is 14.3. The van der Waals surface area contributed by atoms with Crippen molar-refractivity contribution in [2.45, 2.75) is 12.8 Å². The Kier molecular flexibility index (Phi) is 4.36. The summed E-state index contributed by atoms with van der Waals surface area (Å²) in [6.07, 6.45) is 2.00. The number of ether oxygens (including phenoxy) is 1. The second kappa shape index (κ2) is 6.82. The molecule has 1 saturated carbocycles. The molecule has 1 aromatic heterocycles. The minimum atomic E-state index is -0.427. The van der Waals surface area contributed by atoms with E-state index in [0.717, 1.165) is 18.2 Å². The lowest BCUT2D eigenvalue weighted by atomic mass is 10.2. The van der Waals surface area contributed by atoms with Crippen molar-refractivity contribution in [2.75, 3.05) is 32.8 Å². The third kappa shape index (κ3) is 3.56. The summed E-state index contributed by atoms with van der Waals surface area (Å²) in [5.74, 6) is 0.806. The Morgan fingerprint density at radius 2 is 1.73 bits per heavy atom. The molecule has 0 bridgehead atoms. The zero-order valence-corrected chi connectivity index (χ0v) is 14.3. The SMILES string of the molecule is O=C(COc1ccc2ccc(=O)oc2c1)N1CCN(C(=O)C2CC2)CC1. The Hall–Kier alpha value is -2.83. The lowest BCUT2D eigenvalue weighted by Crippen LogP contribution is -2.52.